The molecule has 1 saturated carbocycles. The minimum absolute atomic E-state index is 0.0422. The molecule has 2 N–H and O–H groups in total. The van der Waals surface area contributed by atoms with Crippen LogP contribution in [0.25, 0.3) is 0 Å². The number of aromatic nitrogens is 2. The van der Waals surface area contributed by atoms with Gasteiger partial charge in [0.2, 0.25) is 5.95 Å². The summed E-state index contributed by atoms with van der Waals surface area (Å²) in [6.07, 6.45) is -1.20. The van der Waals surface area contributed by atoms with Gasteiger partial charge < -0.3 is 10.6 Å². The van der Waals surface area contributed by atoms with Crippen LogP contribution in [-0.4, -0.2) is 39.8 Å². The van der Waals surface area contributed by atoms with Crippen molar-refractivity contribution in [2.24, 2.45) is 0 Å². The molecule has 1 aromatic heterocycles. The molecule has 0 amide bonds. The van der Waals surface area contributed by atoms with Gasteiger partial charge in [0.05, 0.1) is 6.54 Å². The Morgan fingerprint density at radius 2 is 2.07 bits per heavy atom. The number of carbonyl (C=O) groups is 1. The van der Waals surface area contributed by atoms with Crippen molar-refractivity contribution in [2.75, 3.05) is 23.7 Å². The maximum Gasteiger partial charge on any atom is 0.421 e. The van der Waals surface area contributed by atoms with E-state index in [0.29, 0.717) is 13.1 Å². The first kappa shape index (κ1) is 19.6. The molecule has 0 bridgehead atoms. The maximum atomic E-state index is 13.2. The lowest BCUT2D eigenvalue weighted by atomic mass is 9.99. The Hall–Kier alpha value is -2.68. The first-order valence-corrected chi connectivity index (χ1v) is 9.59. The zero-order valence-corrected chi connectivity index (χ0v) is 16.0. The lowest BCUT2D eigenvalue weighted by Crippen LogP contribution is -2.34. The van der Waals surface area contributed by atoms with E-state index in [1.54, 1.807) is 6.92 Å². The number of hydrogen-bond donors (Lipinski definition) is 2. The summed E-state index contributed by atoms with van der Waals surface area (Å²) in [6, 6.07) is 5.83. The van der Waals surface area contributed by atoms with E-state index < -0.39 is 11.7 Å². The number of hydrogen-bond acceptors (Lipinski definition) is 6. The normalized spacial score (nSPS) is 17.0. The summed E-state index contributed by atoms with van der Waals surface area (Å²) >= 11 is 0. The highest BCUT2D eigenvalue weighted by molar-refractivity contribution is 5.77. The summed E-state index contributed by atoms with van der Waals surface area (Å²) in [4.78, 5) is 21.4. The molecule has 1 fully saturated rings. The third-order valence-electron chi connectivity index (χ3n) is 5.01. The topological polar surface area (TPSA) is 70.2 Å². The quantitative estimate of drug-likeness (QED) is 0.763. The molecule has 0 spiro atoms. The van der Waals surface area contributed by atoms with Gasteiger partial charge in [-0.05, 0) is 49.4 Å². The lowest BCUT2D eigenvalue weighted by Gasteiger charge is -2.28. The highest BCUT2D eigenvalue weighted by Crippen LogP contribution is 2.36. The molecule has 6 nitrogen and oxygen atoms in total. The average Bonchev–Trinajstić information content (AvgIpc) is 3.44. The molecule has 1 aliphatic heterocycles. The van der Waals surface area contributed by atoms with E-state index in [2.05, 4.69) is 25.5 Å². The maximum absolute atomic E-state index is 13.2. The van der Waals surface area contributed by atoms with Crippen LogP contribution in [0.15, 0.2) is 24.4 Å². The molecule has 29 heavy (non-hydrogen) atoms. The van der Waals surface area contributed by atoms with Crippen molar-refractivity contribution in [3.63, 3.8) is 0 Å². The van der Waals surface area contributed by atoms with Crippen molar-refractivity contribution >= 4 is 23.2 Å². The van der Waals surface area contributed by atoms with Crippen LogP contribution in [0.5, 0.6) is 0 Å². The van der Waals surface area contributed by atoms with Crippen molar-refractivity contribution in [3.8, 4) is 0 Å². The highest BCUT2D eigenvalue weighted by atomic mass is 19.4. The summed E-state index contributed by atoms with van der Waals surface area (Å²) in [5.74, 6) is 0.0762. The number of alkyl halides is 3. The number of Topliss-reactive ketones (excluding diaryl/α,β-unsaturated/α-hetero) is 1. The fraction of sp³-hybridized carbons (Fsp3) is 0.450. The third kappa shape index (κ3) is 4.84. The standard InChI is InChI=1S/C20H22F3N5O/c1-12(29)10-28-7-6-13-8-16(3-2-14(13)11-28)26-19-24-9-17(20(21,22)23)18(27-19)25-15-4-5-15/h2-3,8-9,15H,4-7,10-11H2,1H3,(H2,24,25,26,27). The summed E-state index contributed by atoms with van der Waals surface area (Å²) < 4.78 is 39.6. The van der Waals surface area contributed by atoms with Crippen LogP contribution in [0.1, 0.15) is 36.5 Å². The number of nitrogens with zero attached hydrogens (tertiary/aromatic N) is 3. The molecule has 1 aromatic carbocycles. The molecule has 2 aromatic rings. The molecule has 4 rings (SSSR count). The van der Waals surface area contributed by atoms with Crippen LogP contribution >= 0.6 is 0 Å². The van der Waals surface area contributed by atoms with Crippen molar-refractivity contribution < 1.29 is 18.0 Å². The minimum atomic E-state index is -4.51. The average molecular weight is 405 g/mol. The SMILES string of the molecule is CC(=O)CN1CCc2cc(Nc3ncc(C(F)(F)F)c(NC4CC4)n3)ccc2C1. The first-order valence-electron chi connectivity index (χ1n) is 9.59. The second-order valence-electron chi connectivity index (χ2n) is 7.64. The van der Waals surface area contributed by atoms with Crippen LogP contribution in [-0.2, 0) is 23.9 Å². The molecule has 0 saturated heterocycles. The Balaban J connectivity index is 1.51. The second kappa shape index (κ2) is 7.62. The van der Waals surface area contributed by atoms with Crippen molar-refractivity contribution in [2.45, 2.75) is 44.9 Å². The molecule has 0 atom stereocenters. The van der Waals surface area contributed by atoms with Crippen molar-refractivity contribution in [1.82, 2.24) is 14.9 Å². The zero-order valence-electron chi connectivity index (χ0n) is 16.0. The van der Waals surface area contributed by atoms with Crippen LogP contribution in [0.3, 0.4) is 0 Å². The van der Waals surface area contributed by atoms with Gasteiger partial charge in [-0.3, -0.25) is 9.69 Å². The van der Waals surface area contributed by atoms with Gasteiger partial charge in [0.15, 0.2) is 0 Å². The number of benzene rings is 1. The number of nitrogens with one attached hydrogen (secondary N) is 2. The van der Waals surface area contributed by atoms with Gasteiger partial charge in [-0.15, -0.1) is 0 Å². The smallest absolute Gasteiger partial charge is 0.367 e. The predicted molar refractivity (Wildman–Crippen MR) is 103 cm³/mol. The van der Waals surface area contributed by atoms with Gasteiger partial charge in [0, 0.05) is 31.0 Å². The van der Waals surface area contributed by atoms with E-state index in [4.69, 9.17) is 0 Å². The van der Waals surface area contributed by atoms with Gasteiger partial charge >= 0.3 is 6.18 Å². The van der Waals surface area contributed by atoms with E-state index in [-0.39, 0.29) is 23.6 Å². The lowest BCUT2D eigenvalue weighted by molar-refractivity contribution is -0.137. The molecule has 2 heterocycles. The fourth-order valence-electron chi connectivity index (χ4n) is 3.45. The van der Waals surface area contributed by atoms with Gasteiger partial charge in [0.25, 0.3) is 0 Å². The van der Waals surface area contributed by atoms with E-state index in [9.17, 15) is 18.0 Å². The molecule has 0 unspecified atom stereocenters. The number of fused-ring (bicyclic) bond motifs is 1. The van der Waals surface area contributed by atoms with Crippen LogP contribution < -0.4 is 10.6 Å². The Morgan fingerprint density at radius 1 is 1.28 bits per heavy atom. The van der Waals surface area contributed by atoms with Crippen molar-refractivity contribution in [3.05, 3.63) is 41.1 Å². The Kier molecular flexibility index (Phi) is 5.16. The zero-order chi connectivity index (χ0) is 20.6. The van der Waals surface area contributed by atoms with Gasteiger partial charge in [-0.25, -0.2) is 4.98 Å². The largest absolute Gasteiger partial charge is 0.421 e. The van der Waals surface area contributed by atoms with Crippen LogP contribution in [0.2, 0.25) is 0 Å². The summed E-state index contributed by atoms with van der Waals surface area (Å²) in [5.41, 5.74) is 2.16. The second-order valence-corrected chi connectivity index (χ2v) is 7.64. The number of anilines is 3. The molecular weight excluding hydrogens is 383 g/mol. The molecule has 9 heteroatoms. The number of ketones is 1. The fourth-order valence-corrected chi connectivity index (χ4v) is 3.45. The van der Waals surface area contributed by atoms with Gasteiger partial charge in [0.1, 0.15) is 17.2 Å². The molecule has 2 aliphatic rings. The Morgan fingerprint density at radius 3 is 2.76 bits per heavy atom. The molecule has 1 aliphatic carbocycles. The summed E-state index contributed by atoms with van der Waals surface area (Å²) in [5, 5.41) is 5.86. The number of carbonyl (C=O) groups excluding carboxylic acids is 1. The molecule has 154 valence electrons. The number of halogens is 3. The van der Waals surface area contributed by atoms with E-state index in [1.165, 1.54) is 0 Å². The Labute approximate surface area is 166 Å². The highest BCUT2D eigenvalue weighted by Gasteiger charge is 2.36. The van der Waals surface area contributed by atoms with E-state index in [1.807, 2.05) is 18.2 Å². The monoisotopic (exact) mass is 405 g/mol. The van der Waals surface area contributed by atoms with Gasteiger partial charge in [-0.1, -0.05) is 6.07 Å². The predicted octanol–water partition coefficient (Wildman–Crippen LogP) is 3.76. The number of rotatable bonds is 6. The minimum Gasteiger partial charge on any atom is -0.367 e. The van der Waals surface area contributed by atoms with Crippen LogP contribution in [0, 0.1) is 0 Å². The van der Waals surface area contributed by atoms with E-state index >= 15 is 0 Å². The molecular formula is C20H22F3N5O. The summed E-state index contributed by atoms with van der Waals surface area (Å²) in [6.45, 7) is 3.53. The van der Waals surface area contributed by atoms with Crippen molar-refractivity contribution in [1.29, 1.82) is 0 Å². The Bertz CT molecular complexity index is 927. The first-order chi connectivity index (χ1) is 13.8. The third-order valence-corrected chi connectivity index (χ3v) is 5.01. The molecule has 0 radical (unpaired) electrons. The van der Waals surface area contributed by atoms with Gasteiger partial charge in [-0.2, -0.15) is 18.2 Å². The van der Waals surface area contributed by atoms with E-state index in [0.717, 1.165) is 48.8 Å². The van der Waals surface area contributed by atoms with Crippen LogP contribution in [0.4, 0.5) is 30.6 Å². The summed E-state index contributed by atoms with van der Waals surface area (Å²) in [7, 11) is 0.